The van der Waals surface area contributed by atoms with Crippen molar-refractivity contribution in [3.8, 4) is 0 Å². The van der Waals surface area contributed by atoms with Gasteiger partial charge in [0.25, 0.3) is 0 Å². The van der Waals surface area contributed by atoms with Gasteiger partial charge in [-0.1, -0.05) is 24.4 Å². The minimum Gasteiger partial charge on any atom is -0.444 e. The van der Waals surface area contributed by atoms with Crippen LogP contribution in [0.15, 0.2) is 29.2 Å². The number of nitrogens with one attached hydrogen (secondary N) is 1. The smallest absolute Gasteiger partial charge is 0.407 e. The molecular formula is C17H24ClNO2S. The first-order valence-electron chi connectivity index (χ1n) is 7.75. The van der Waals surface area contributed by atoms with E-state index in [2.05, 4.69) is 5.32 Å². The molecule has 1 fully saturated rings. The molecular weight excluding hydrogens is 318 g/mol. The van der Waals surface area contributed by atoms with E-state index >= 15 is 0 Å². The summed E-state index contributed by atoms with van der Waals surface area (Å²) in [6, 6.07) is 8.04. The van der Waals surface area contributed by atoms with Crippen LogP contribution in [0.3, 0.4) is 0 Å². The molecule has 0 unspecified atom stereocenters. The van der Waals surface area contributed by atoms with Crippen molar-refractivity contribution >= 4 is 29.5 Å². The zero-order chi connectivity index (χ0) is 16.2. The minimum absolute atomic E-state index is 0.157. The fourth-order valence-corrected chi connectivity index (χ4v) is 3.97. The van der Waals surface area contributed by atoms with Crippen LogP contribution in [0.2, 0.25) is 5.02 Å². The summed E-state index contributed by atoms with van der Waals surface area (Å²) >= 11 is 7.74. The Balaban J connectivity index is 1.96. The molecule has 1 aliphatic rings. The van der Waals surface area contributed by atoms with Crippen LogP contribution in [0.25, 0.3) is 0 Å². The molecule has 3 nitrogen and oxygen atoms in total. The van der Waals surface area contributed by atoms with Crippen molar-refractivity contribution in [2.75, 3.05) is 0 Å². The summed E-state index contributed by atoms with van der Waals surface area (Å²) in [5.74, 6) is 0. The lowest BCUT2D eigenvalue weighted by molar-refractivity contribution is 0.0495. The second-order valence-corrected chi connectivity index (χ2v) is 8.40. The summed E-state index contributed by atoms with van der Waals surface area (Å²) in [5.41, 5.74) is -0.461. The lowest BCUT2D eigenvalue weighted by Gasteiger charge is -2.32. The first-order chi connectivity index (χ1) is 10.3. The summed E-state index contributed by atoms with van der Waals surface area (Å²) in [6.45, 7) is 5.65. The lowest BCUT2D eigenvalue weighted by atomic mass is 9.95. The molecule has 1 saturated carbocycles. The van der Waals surface area contributed by atoms with Crippen LogP contribution in [-0.4, -0.2) is 23.0 Å². The number of carbonyl (C=O) groups excluding carboxylic acids is 1. The first kappa shape index (κ1) is 17.5. The summed E-state index contributed by atoms with van der Waals surface area (Å²) in [7, 11) is 0. The number of hydrogen-bond donors (Lipinski definition) is 1. The number of amides is 1. The van der Waals surface area contributed by atoms with Crippen LogP contribution >= 0.6 is 23.4 Å². The van der Waals surface area contributed by atoms with E-state index in [1.165, 1.54) is 11.3 Å². The molecule has 0 radical (unpaired) electrons. The molecule has 122 valence electrons. The van der Waals surface area contributed by atoms with Gasteiger partial charge in [0.05, 0.1) is 0 Å². The molecule has 1 aromatic carbocycles. The molecule has 0 aromatic heterocycles. The number of ether oxygens (including phenoxy) is 1. The molecule has 0 saturated heterocycles. The van der Waals surface area contributed by atoms with E-state index in [0.29, 0.717) is 5.25 Å². The second kappa shape index (κ2) is 7.60. The van der Waals surface area contributed by atoms with E-state index in [1.807, 2.05) is 56.8 Å². The average Bonchev–Trinajstić information content (AvgIpc) is 2.41. The van der Waals surface area contributed by atoms with E-state index in [4.69, 9.17) is 16.3 Å². The van der Waals surface area contributed by atoms with Crippen LogP contribution in [0.1, 0.15) is 46.5 Å². The maximum absolute atomic E-state index is 12.0. The molecule has 0 bridgehead atoms. The van der Waals surface area contributed by atoms with Crippen molar-refractivity contribution in [1.29, 1.82) is 0 Å². The maximum atomic E-state index is 12.0. The molecule has 1 amide bonds. The molecule has 5 heteroatoms. The van der Waals surface area contributed by atoms with Gasteiger partial charge in [-0.15, -0.1) is 11.8 Å². The largest absolute Gasteiger partial charge is 0.444 e. The second-order valence-electron chi connectivity index (χ2n) is 6.65. The highest BCUT2D eigenvalue weighted by Gasteiger charge is 2.29. The normalized spacial score (nSPS) is 22.2. The quantitative estimate of drug-likeness (QED) is 0.814. The van der Waals surface area contributed by atoms with Crippen LogP contribution in [0, 0.1) is 0 Å². The summed E-state index contributed by atoms with van der Waals surface area (Å²) in [5, 5.41) is 4.17. The molecule has 1 N–H and O–H groups in total. The van der Waals surface area contributed by atoms with Crippen molar-refractivity contribution in [3.05, 3.63) is 29.3 Å². The van der Waals surface area contributed by atoms with Gasteiger partial charge in [-0.2, -0.15) is 0 Å². The Bertz CT molecular complexity index is 498. The third-order valence-electron chi connectivity index (χ3n) is 3.51. The van der Waals surface area contributed by atoms with Gasteiger partial charge in [0.2, 0.25) is 0 Å². The highest BCUT2D eigenvalue weighted by molar-refractivity contribution is 8.00. The first-order valence-corrected chi connectivity index (χ1v) is 9.01. The van der Waals surface area contributed by atoms with Gasteiger partial charge in [-0.05, 0) is 57.9 Å². The Morgan fingerprint density at radius 2 is 1.86 bits per heavy atom. The van der Waals surface area contributed by atoms with E-state index in [0.717, 1.165) is 24.3 Å². The van der Waals surface area contributed by atoms with Gasteiger partial charge < -0.3 is 10.1 Å². The number of alkyl carbamates (subject to hydrolysis) is 1. The summed E-state index contributed by atoms with van der Waals surface area (Å²) in [6.07, 6.45) is 4.15. The van der Waals surface area contributed by atoms with Crippen LogP contribution in [-0.2, 0) is 4.74 Å². The summed E-state index contributed by atoms with van der Waals surface area (Å²) < 4.78 is 5.38. The van der Waals surface area contributed by atoms with E-state index in [9.17, 15) is 4.79 Å². The van der Waals surface area contributed by atoms with Crippen LogP contribution in [0.5, 0.6) is 0 Å². The highest BCUT2D eigenvalue weighted by Crippen LogP contribution is 2.34. The number of hydrogen-bond acceptors (Lipinski definition) is 3. The Hall–Kier alpha value is -0.870. The fraction of sp³-hybridized carbons (Fsp3) is 0.588. The summed E-state index contributed by atoms with van der Waals surface area (Å²) in [4.78, 5) is 13.2. The zero-order valence-corrected chi connectivity index (χ0v) is 15.0. The standard InChI is InChI=1S/C17H24ClNO2S/c1-17(2,3)21-16(20)19-14-6-4-5-7-15(14)22-13-10-8-12(18)9-11-13/h8-11,14-15H,4-7H2,1-3H3,(H,19,20)/t14-,15-/m1/s1. The molecule has 2 rings (SSSR count). The minimum atomic E-state index is -0.461. The van der Waals surface area contributed by atoms with Crippen molar-refractivity contribution in [2.45, 2.75) is 68.2 Å². The number of halogens is 1. The molecule has 0 aliphatic heterocycles. The third-order valence-corrected chi connectivity index (χ3v) is 5.17. The topological polar surface area (TPSA) is 38.3 Å². The van der Waals surface area contributed by atoms with Crippen molar-refractivity contribution in [2.24, 2.45) is 0 Å². The number of rotatable bonds is 3. The van der Waals surface area contributed by atoms with Gasteiger partial charge in [0, 0.05) is 21.2 Å². The fourth-order valence-electron chi connectivity index (χ4n) is 2.55. The van der Waals surface area contributed by atoms with Crippen LogP contribution < -0.4 is 5.32 Å². The number of carbonyl (C=O) groups is 1. The third kappa shape index (κ3) is 5.73. The monoisotopic (exact) mass is 341 g/mol. The van der Waals surface area contributed by atoms with Gasteiger partial charge in [0.1, 0.15) is 5.60 Å². The Labute approximate surface area is 142 Å². The SMILES string of the molecule is CC(C)(C)OC(=O)N[C@@H]1CCCC[C@H]1Sc1ccc(Cl)cc1. The lowest BCUT2D eigenvalue weighted by Crippen LogP contribution is -2.45. The number of benzene rings is 1. The van der Waals surface area contributed by atoms with Gasteiger partial charge >= 0.3 is 6.09 Å². The van der Waals surface area contributed by atoms with E-state index in [-0.39, 0.29) is 12.1 Å². The zero-order valence-electron chi connectivity index (χ0n) is 13.4. The average molecular weight is 342 g/mol. The molecule has 1 aromatic rings. The van der Waals surface area contributed by atoms with E-state index in [1.54, 1.807) is 0 Å². The molecule has 1 aliphatic carbocycles. The Morgan fingerprint density at radius 1 is 1.23 bits per heavy atom. The number of thioether (sulfide) groups is 1. The molecule has 0 spiro atoms. The predicted molar refractivity (Wildman–Crippen MR) is 92.7 cm³/mol. The van der Waals surface area contributed by atoms with Crippen LogP contribution in [0.4, 0.5) is 4.79 Å². The van der Waals surface area contributed by atoms with Crippen molar-refractivity contribution in [3.63, 3.8) is 0 Å². The molecule has 2 atom stereocenters. The van der Waals surface area contributed by atoms with Gasteiger partial charge in [-0.3, -0.25) is 0 Å². The van der Waals surface area contributed by atoms with Crippen molar-refractivity contribution in [1.82, 2.24) is 5.32 Å². The maximum Gasteiger partial charge on any atom is 0.407 e. The van der Waals surface area contributed by atoms with Gasteiger partial charge in [0.15, 0.2) is 0 Å². The Morgan fingerprint density at radius 3 is 2.50 bits per heavy atom. The highest BCUT2D eigenvalue weighted by atomic mass is 35.5. The predicted octanol–water partition coefficient (Wildman–Crippen LogP) is 5.27. The molecule has 22 heavy (non-hydrogen) atoms. The Kier molecular flexibility index (Phi) is 6.04. The van der Waals surface area contributed by atoms with E-state index < -0.39 is 5.60 Å². The van der Waals surface area contributed by atoms with Crippen molar-refractivity contribution < 1.29 is 9.53 Å². The van der Waals surface area contributed by atoms with Gasteiger partial charge in [-0.25, -0.2) is 4.79 Å². The molecule has 0 heterocycles.